The van der Waals surface area contributed by atoms with Crippen LogP contribution in [0.2, 0.25) is 0 Å². The zero-order valence-electron chi connectivity index (χ0n) is 20.3. The van der Waals surface area contributed by atoms with E-state index in [0.717, 1.165) is 44.2 Å². The third kappa shape index (κ3) is 5.87. The van der Waals surface area contributed by atoms with Gasteiger partial charge in [-0.1, -0.05) is 49.7 Å². The minimum Gasteiger partial charge on any atom is -0.454 e. The van der Waals surface area contributed by atoms with Crippen LogP contribution in [0.4, 0.5) is 0 Å². The summed E-state index contributed by atoms with van der Waals surface area (Å²) in [5.41, 5.74) is 3.83. The number of carbonyl (C=O) groups excluding carboxylic acids is 1. The highest BCUT2D eigenvalue weighted by Crippen LogP contribution is 2.36. The normalized spacial score (nSPS) is 19.9. The van der Waals surface area contributed by atoms with Crippen molar-refractivity contribution in [1.29, 1.82) is 0 Å². The summed E-state index contributed by atoms with van der Waals surface area (Å²) in [5, 5.41) is 0. The number of ether oxygens (including phenoxy) is 3. The average molecular weight is 453 g/mol. The number of hydrogen-bond donors (Lipinski definition) is 0. The smallest absolute Gasteiger partial charge is 0.248 e. The quantitative estimate of drug-likeness (QED) is 0.574. The number of fused-ring (bicyclic) bond motifs is 1. The first-order chi connectivity index (χ1) is 15.9. The van der Waals surface area contributed by atoms with Gasteiger partial charge in [-0.15, -0.1) is 0 Å². The minimum atomic E-state index is 0.0723. The molecule has 2 aromatic carbocycles. The van der Waals surface area contributed by atoms with Crippen LogP contribution in [0.25, 0.3) is 0 Å². The molecule has 0 N–H and O–H groups in total. The maximum Gasteiger partial charge on any atom is 0.248 e. The van der Waals surface area contributed by atoms with Crippen LogP contribution < -0.4 is 9.47 Å². The lowest BCUT2D eigenvalue weighted by Crippen LogP contribution is -2.41. The number of aryl methyl sites for hydroxylation is 1. The Morgan fingerprint density at radius 1 is 1.12 bits per heavy atom. The van der Waals surface area contributed by atoms with Gasteiger partial charge in [0.05, 0.1) is 0 Å². The van der Waals surface area contributed by atoms with Crippen LogP contribution in [0.1, 0.15) is 36.5 Å². The van der Waals surface area contributed by atoms with Gasteiger partial charge in [-0.3, -0.25) is 9.69 Å². The Hall–Kier alpha value is -2.57. The first-order valence-electron chi connectivity index (χ1n) is 11.9. The van der Waals surface area contributed by atoms with Crippen LogP contribution in [-0.4, -0.2) is 62.4 Å². The lowest BCUT2D eigenvalue weighted by atomic mass is 9.88. The van der Waals surface area contributed by atoms with Crippen LogP contribution in [0, 0.1) is 18.8 Å². The van der Waals surface area contributed by atoms with E-state index in [2.05, 4.69) is 62.1 Å². The highest BCUT2D eigenvalue weighted by Gasteiger charge is 2.36. The summed E-state index contributed by atoms with van der Waals surface area (Å²) >= 11 is 0. The van der Waals surface area contributed by atoms with Crippen LogP contribution >= 0.6 is 0 Å². The summed E-state index contributed by atoms with van der Waals surface area (Å²) in [6, 6.07) is 15.1. The molecule has 2 unspecified atom stereocenters. The van der Waals surface area contributed by atoms with Crippen molar-refractivity contribution < 1.29 is 19.0 Å². The summed E-state index contributed by atoms with van der Waals surface area (Å²) in [7, 11) is 1.59. The van der Waals surface area contributed by atoms with Crippen molar-refractivity contribution in [2.75, 3.05) is 46.7 Å². The van der Waals surface area contributed by atoms with Crippen LogP contribution in [-0.2, 0) is 16.1 Å². The van der Waals surface area contributed by atoms with Gasteiger partial charge in [0.2, 0.25) is 12.7 Å². The van der Waals surface area contributed by atoms with E-state index in [4.69, 9.17) is 14.2 Å². The first-order valence-corrected chi connectivity index (χ1v) is 11.9. The highest BCUT2D eigenvalue weighted by atomic mass is 16.7. The molecule has 2 heterocycles. The molecule has 6 nitrogen and oxygen atoms in total. The van der Waals surface area contributed by atoms with Crippen molar-refractivity contribution in [3.05, 3.63) is 59.2 Å². The molecule has 178 valence electrons. The Bertz CT molecular complexity index is 944. The summed E-state index contributed by atoms with van der Waals surface area (Å²) < 4.78 is 16.2. The van der Waals surface area contributed by atoms with E-state index in [1.54, 1.807) is 7.11 Å². The molecule has 1 fully saturated rings. The van der Waals surface area contributed by atoms with E-state index in [1.165, 1.54) is 16.7 Å². The van der Waals surface area contributed by atoms with Crippen molar-refractivity contribution in [3.8, 4) is 11.5 Å². The van der Waals surface area contributed by atoms with E-state index >= 15 is 0 Å². The molecule has 2 aromatic rings. The summed E-state index contributed by atoms with van der Waals surface area (Å²) in [4.78, 5) is 17.3. The Balaban J connectivity index is 1.53. The highest BCUT2D eigenvalue weighted by molar-refractivity contribution is 5.77. The number of rotatable bonds is 9. The summed E-state index contributed by atoms with van der Waals surface area (Å²) in [6.45, 7) is 11.1. The van der Waals surface area contributed by atoms with Gasteiger partial charge in [-0.2, -0.15) is 0 Å². The second kappa shape index (κ2) is 10.6. The maximum absolute atomic E-state index is 12.8. The lowest BCUT2D eigenvalue weighted by molar-refractivity contribution is -0.136. The predicted octanol–water partition coefficient (Wildman–Crippen LogP) is 4.07. The van der Waals surface area contributed by atoms with Gasteiger partial charge in [-0.05, 0) is 42.0 Å². The van der Waals surface area contributed by atoms with Crippen LogP contribution in [0.5, 0.6) is 11.5 Å². The van der Waals surface area contributed by atoms with Crippen molar-refractivity contribution in [2.24, 2.45) is 11.8 Å². The van der Waals surface area contributed by atoms with Crippen molar-refractivity contribution in [3.63, 3.8) is 0 Å². The molecule has 2 aliphatic heterocycles. The Labute approximate surface area is 197 Å². The molecule has 1 saturated heterocycles. The number of nitrogens with zero attached hydrogens (tertiary/aromatic N) is 2. The first kappa shape index (κ1) is 23.6. The van der Waals surface area contributed by atoms with Gasteiger partial charge < -0.3 is 19.1 Å². The SMILES string of the molecule is COCC(=O)N(CC(C)C)CC1CN(Cc2ccc3c(c2)OCO3)CC1c1ccc(C)cc1. The molecule has 0 radical (unpaired) electrons. The number of carbonyl (C=O) groups is 1. The molecule has 6 heteroatoms. The third-order valence-electron chi connectivity index (χ3n) is 6.53. The van der Waals surface area contributed by atoms with Gasteiger partial charge in [0.1, 0.15) is 6.61 Å². The molecule has 0 aliphatic carbocycles. The van der Waals surface area contributed by atoms with Gasteiger partial charge in [-0.25, -0.2) is 0 Å². The molecule has 4 rings (SSSR count). The fourth-order valence-corrected chi connectivity index (χ4v) is 4.98. The fourth-order valence-electron chi connectivity index (χ4n) is 4.98. The lowest BCUT2D eigenvalue weighted by Gasteiger charge is -2.30. The molecule has 0 saturated carbocycles. The van der Waals surface area contributed by atoms with E-state index in [9.17, 15) is 4.79 Å². The van der Waals surface area contributed by atoms with Gasteiger partial charge >= 0.3 is 0 Å². The molecule has 0 bridgehead atoms. The molecule has 1 amide bonds. The Morgan fingerprint density at radius 2 is 1.88 bits per heavy atom. The fraction of sp³-hybridized carbons (Fsp3) is 0.519. The van der Waals surface area contributed by atoms with Gasteiger partial charge in [0, 0.05) is 45.8 Å². The second-order valence-electron chi connectivity index (χ2n) is 9.78. The number of likely N-dealkylation sites (tertiary alicyclic amines) is 1. The monoisotopic (exact) mass is 452 g/mol. The largest absolute Gasteiger partial charge is 0.454 e. The van der Waals surface area contributed by atoms with Gasteiger partial charge in [0.15, 0.2) is 11.5 Å². The Kier molecular flexibility index (Phi) is 7.56. The summed E-state index contributed by atoms with van der Waals surface area (Å²) in [5.74, 6) is 2.87. The zero-order chi connectivity index (χ0) is 23.4. The summed E-state index contributed by atoms with van der Waals surface area (Å²) in [6.07, 6.45) is 0. The van der Waals surface area contributed by atoms with Crippen LogP contribution in [0.15, 0.2) is 42.5 Å². The number of hydrogen-bond acceptors (Lipinski definition) is 5. The molecule has 2 atom stereocenters. The molecule has 0 aromatic heterocycles. The molecule has 2 aliphatic rings. The predicted molar refractivity (Wildman–Crippen MR) is 129 cm³/mol. The molecule has 33 heavy (non-hydrogen) atoms. The molecular weight excluding hydrogens is 416 g/mol. The number of benzene rings is 2. The number of methoxy groups -OCH3 is 1. The van der Waals surface area contributed by atoms with Crippen molar-refractivity contribution in [2.45, 2.75) is 33.2 Å². The topological polar surface area (TPSA) is 51.2 Å². The maximum atomic E-state index is 12.8. The zero-order valence-corrected chi connectivity index (χ0v) is 20.3. The Morgan fingerprint density at radius 3 is 2.61 bits per heavy atom. The molecular formula is C27H36N2O4. The van der Waals surface area contributed by atoms with Crippen molar-refractivity contribution in [1.82, 2.24) is 9.80 Å². The van der Waals surface area contributed by atoms with Crippen LogP contribution in [0.3, 0.4) is 0 Å². The van der Waals surface area contributed by atoms with Gasteiger partial charge in [0.25, 0.3) is 0 Å². The standard InChI is InChI=1S/C27H36N2O4/c1-19(2)12-29(27(30)17-31-4)15-23-14-28(16-24(23)22-8-5-20(3)6-9-22)13-21-7-10-25-26(11-21)33-18-32-25/h5-11,19,23-24H,12-18H2,1-4H3. The minimum absolute atomic E-state index is 0.0723. The number of amides is 1. The van der Waals surface area contributed by atoms with E-state index < -0.39 is 0 Å². The molecule has 0 spiro atoms. The van der Waals surface area contributed by atoms with E-state index in [0.29, 0.717) is 24.5 Å². The van der Waals surface area contributed by atoms with E-state index in [-0.39, 0.29) is 12.5 Å². The van der Waals surface area contributed by atoms with E-state index in [1.807, 2.05) is 11.0 Å². The third-order valence-corrected chi connectivity index (χ3v) is 6.53. The average Bonchev–Trinajstić information content (AvgIpc) is 3.40. The second-order valence-corrected chi connectivity index (χ2v) is 9.78. The van der Waals surface area contributed by atoms with Crippen molar-refractivity contribution >= 4 is 5.91 Å².